The van der Waals surface area contributed by atoms with Crippen molar-refractivity contribution in [1.82, 2.24) is 0 Å². The first-order chi connectivity index (χ1) is 12.4. The number of ether oxygens (including phenoxy) is 1. The molecule has 3 rings (SSSR count). The average molecular weight is 374 g/mol. The molecule has 0 aliphatic carbocycles. The molecule has 0 bridgehead atoms. The topological polar surface area (TPSA) is 75.7 Å². The molecule has 1 fully saturated rings. The minimum atomic E-state index is -3.70. The monoisotopic (exact) mass is 374 g/mol. The van der Waals surface area contributed by atoms with Gasteiger partial charge in [0.25, 0.3) is 10.0 Å². The highest BCUT2D eigenvalue weighted by molar-refractivity contribution is 7.92. The molecule has 0 spiro atoms. The maximum atomic E-state index is 12.6. The van der Waals surface area contributed by atoms with Gasteiger partial charge >= 0.3 is 0 Å². The van der Waals surface area contributed by atoms with Crippen molar-refractivity contribution in [1.29, 1.82) is 0 Å². The van der Waals surface area contributed by atoms with Crippen molar-refractivity contribution in [3.05, 3.63) is 48.0 Å². The van der Waals surface area contributed by atoms with Crippen LogP contribution in [0.25, 0.3) is 0 Å². The Morgan fingerprint density at radius 1 is 1.15 bits per heavy atom. The van der Waals surface area contributed by atoms with Crippen molar-refractivity contribution < 1.29 is 17.9 Å². The zero-order valence-electron chi connectivity index (χ0n) is 14.9. The smallest absolute Gasteiger partial charge is 0.261 e. The molecule has 2 aromatic rings. The van der Waals surface area contributed by atoms with Crippen molar-refractivity contribution >= 4 is 27.3 Å². The lowest BCUT2D eigenvalue weighted by atomic mass is 10.2. The van der Waals surface area contributed by atoms with E-state index in [1.54, 1.807) is 41.3 Å². The van der Waals surface area contributed by atoms with Gasteiger partial charge < -0.3 is 9.64 Å². The summed E-state index contributed by atoms with van der Waals surface area (Å²) >= 11 is 0. The third-order valence-electron chi connectivity index (χ3n) is 4.26. The second kappa shape index (κ2) is 7.37. The van der Waals surface area contributed by atoms with Crippen molar-refractivity contribution in [3.63, 3.8) is 0 Å². The van der Waals surface area contributed by atoms with Crippen LogP contribution in [-0.2, 0) is 14.8 Å². The largest absolute Gasteiger partial charge is 0.494 e. The molecule has 1 N–H and O–H groups in total. The fourth-order valence-corrected chi connectivity index (χ4v) is 4.09. The lowest BCUT2D eigenvalue weighted by Crippen LogP contribution is -2.23. The Balaban J connectivity index is 1.77. The van der Waals surface area contributed by atoms with Gasteiger partial charge in [0.05, 0.1) is 11.5 Å². The molecular formula is C19H22N2O4S. The van der Waals surface area contributed by atoms with Crippen LogP contribution in [0.4, 0.5) is 11.4 Å². The molecule has 7 heteroatoms. The average Bonchev–Trinajstić information content (AvgIpc) is 3.03. The van der Waals surface area contributed by atoms with E-state index >= 15 is 0 Å². The molecule has 0 atom stereocenters. The molecule has 0 aromatic heterocycles. The van der Waals surface area contributed by atoms with E-state index in [9.17, 15) is 13.2 Å². The number of nitrogens with one attached hydrogen (secondary N) is 1. The van der Waals surface area contributed by atoms with Crippen molar-refractivity contribution in [2.24, 2.45) is 0 Å². The summed E-state index contributed by atoms with van der Waals surface area (Å²) in [5.74, 6) is 0.772. The molecule has 2 aromatic carbocycles. The summed E-state index contributed by atoms with van der Waals surface area (Å²) in [7, 11) is -3.70. The zero-order chi connectivity index (χ0) is 18.7. The van der Waals surface area contributed by atoms with Crippen LogP contribution in [0.3, 0.4) is 0 Å². The Bertz CT molecular complexity index is 908. The summed E-state index contributed by atoms with van der Waals surface area (Å²) in [6.07, 6.45) is 1.41. The molecule has 0 radical (unpaired) electrons. The van der Waals surface area contributed by atoms with Gasteiger partial charge in [-0.1, -0.05) is 0 Å². The number of sulfonamides is 1. The van der Waals surface area contributed by atoms with E-state index in [2.05, 4.69) is 4.72 Å². The van der Waals surface area contributed by atoms with Crippen LogP contribution in [0.1, 0.15) is 25.3 Å². The molecule has 0 saturated carbocycles. The summed E-state index contributed by atoms with van der Waals surface area (Å²) < 4.78 is 33.2. The van der Waals surface area contributed by atoms with Gasteiger partial charge in [0, 0.05) is 24.3 Å². The highest BCUT2D eigenvalue weighted by Gasteiger charge is 2.22. The van der Waals surface area contributed by atoms with Gasteiger partial charge in [0.1, 0.15) is 5.75 Å². The summed E-state index contributed by atoms with van der Waals surface area (Å²) in [5.41, 5.74) is 2.00. The maximum Gasteiger partial charge on any atom is 0.261 e. The van der Waals surface area contributed by atoms with Gasteiger partial charge in [-0.05, 0) is 68.3 Å². The lowest BCUT2D eigenvalue weighted by Gasteiger charge is -2.16. The highest BCUT2D eigenvalue weighted by Crippen LogP contribution is 2.26. The predicted octanol–water partition coefficient (Wildman–Crippen LogP) is 3.32. The standard InChI is InChI=1S/C19H22N2O4S/c1-3-25-18-11-10-17(13-14(18)2)26(23,24)20-15-6-8-16(9-7-15)21-12-4-5-19(21)22/h6-11,13,20H,3-5,12H2,1-2H3. The number of carbonyl (C=O) groups is 1. The SMILES string of the molecule is CCOc1ccc(S(=O)(=O)Nc2ccc(N3CCCC3=O)cc2)cc1C. The number of anilines is 2. The molecule has 26 heavy (non-hydrogen) atoms. The minimum absolute atomic E-state index is 0.100. The van der Waals surface area contributed by atoms with Crippen LogP contribution >= 0.6 is 0 Å². The number of rotatable bonds is 6. The van der Waals surface area contributed by atoms with Crippen LogP contribution in [0, 0.1) is 6.92 Å². The van der Waals surface area contributed by atoms with E-state index in [-0.39, 0.29) is 10.8 Å². The first-order valence-corrected chi connectivity index (χ1v) is 10.1. The Hall–Kier alpha value is -2.54. The van der Waals surface area contributed by atoms with Crippen LogP contribution < -0.4 is 14.4 Å². The van der Waals surface area contributed by atoms with Gasteiger partial charge in [-0.15, -0.1) is 0 Å². The van der Waals surface area contributed by atoms with Gasteiger partial charge in [0.15, 0.2) is 0 Å². The summed E-state index contributed by atoms with van der Waals surface area (Å²) in [6.45, 7) is 4.92. The van der Waals surface area contributed by atoms with Gasteiger partial charge in [-0.2, -0.15) is 0 Å². The Morgan fingerprint density at radius 3 is 2.46 bits per heavy atom. The van der Waals surface area contributed by atoms with Gasteiger partial charge in [-0.25, -0.2) is 8.42 Å². The van der Waals surface area contributed by atoms with Crippen molar-refractivity contribution in [2.75, 3.05) is 22.8 Å². The highest BCUT2D eigenvalue weighted by atomic mass is 32.2. The number of amides is 1. The third kappa shape index (κ3) is 3.83. The molecule has 0 unspecified atom stereocenters. The third-order valence-corrected chi connectivity index (χ3v) is 5.64. The van der Waals surface area contributed by atoms with Crippen LogP contribution in [0.2, 0.25) is 0 Å². The molecule has 1 heterocycles. The van der Waals surface area contributed by atoms with E-state index in [1.165, 1.54) is 6.07 Å². The Morgan fingerprint density at radius 2 is 1.88 bits per heavy atom. The van der Waals surface area contributed by atoms with Gasteiger partial charge in [0.2, 0.25) is 5.91 Å². The Kier molecular flexibility index (Phi) is 5.18. The van der Waals surface area contributed by atoms with Crippen molar-refractivity contribution in [3.8, 4) is 5.75 Å². The number of carbonyl (C=O) groups excluding carboxylic acids is 1. The fourth-order valence-electron chi connectivity index (χ4n) is 2.95. The zero-order valence-corrected chi connectivity index (χ0v) is 15.7. The molecule has 1 aliphatic heterocycles. The van der Waals surface area contributed by atoms with Crippen LogP contribution in [0.5, 0.6) is 5.75 Å². The molecule has 138 valence electrons. The lowest BCUT2D eigenvalue weighted by molar-refractivity contribution is -0.117. The van der Waals surface area contributed by atoms with E-state index in [0.29, 0.717) is 31.0 Å². The normalized spacial score (nSPS) is 14.5. The number of hydrogen-bond acceptors (Lipinski definition) is 4. The van der Waals surface area contributed by atoms with Crippen LogP contribution in [0.15, 0.2) is 47.4 Å². The second-order valence-electron chi connectivity index (χ2n) is 6.16. The Labute approximate surface area is 153 Å². The van der Waals surface area contributed by atoms with Gasteiger partial charge in [-0.3, -0.25) is 9.52 Å². The van der Waals surface area contributed by atoms with E-state index < -0.39 is 10.0 Å². The quantitative estimate of drug-likeness (QED) is 0.842. The van der Waals surface area contributed by atoms with Crippen LogP contribution in [-0.4, -0.2) is 27.5 Å². The predicted molar refractivity (Wildman–Crippen MR) is 101 cm³/mol. The molecule has 1 aliphatic rings. The number of nitrogens with zero attached hydrogens (tertiary/aromatic N) is 1. The summed E-state index contributed by atoms with van der Waals surface area (Å²) in [5, 5.41) is 0. The fraction of sp³-hybridized carbons (Fsp3) is 0.316. The summed E-state index contributed by atoms with van der Waals surface area (Å²) in [4.78, 5) is 13.7. The van der Waals surface area contributed by atoms with E-state index in [4.69, 9.17) is 4.74 Å². The molecule has 6 nitrogen and oxygen atoms in total. The second-order valence-corrected chi connectivity index (χ2v) is 7.84. The molecule has 1 saturated heterocycles. The molecule has 1 amide bonds. The first kappa shape index (κ1) is 18.3. The molecular weight excluding hydrogens is 352 g/mol. The number of benzene rings is 2. The minimum Gasteiger partial charge on any atom is -0.494 e. The summed E-state index contributed by atoms with van der Waals surface area (Å²) in [6, 6.07) is 11.6. The van der Waals surface area contributed by atoms with Crippen molar-refractivity contribution in [2.45, 2.75) is 31.6 Å². The van der Waals surface area contributed by atoms with E-state index in [0.717, 1.165) is 17.7 Å². The first-order valence-electron chi connectivity index (χ1n) is 8.57. The number of aryl methyl sites for hydroxylation is 1. The van der Waals surface area contributed by atoms with E-state index in [1.807, 2.05) is 13.8 Å². The maximum absolute atomic E-state index is 12.6. The number of hydrogen-bond donors (Lipinski definition) is 1.